The Morgan fingerprint density at radius 2 is 2.00 bits per heavy atom. The van der Waals surface area contributed by atoms with Crippen LogP contribution in [0, 0.1) is 0 Å². The third-order valence-electron chi connectivity index (χ3n) is 4.59. The van der Waals surface area contributed by atoms with Gasteiger partial charge < -0.3 is 4.74 Å². The van der Waals surface area contributed by atoms with Gasteiger partial charge in [-0.25, -0.2) is 9.78 Å². The lowest BCUT2D eigenvalue weighted by Gasteiger charge is -2.10. The van der Waals surface area contributed by atoms with Crippen LogP contribution in [0.5, 0.6) is 0 Å². The summed E-state index contributed by atoms with van der Waals surface area (Å²) in [6.45, 7) is -0.288. The molecule has 0 aliphatic heterocycles. The molecular formula is C19H15F3N2O3S. The summed E-state index contributed by atoms with van der Waals surface area (Å²) in [6, 6.07) is 5.31. The molecule has 1 aliphatic carbocycles. The number of carbonyl (C=O) groups excluding carboxylic acids is 1. The first-order chi connectivity index (χ1) is 13.3. The molecule has 0 amide bonds. The fraction of sp³-hybridized carbons (Fsp3) is 0.316. The summed E-state index contributed by atoms with van der Waals surface area (Å²) in [7, 11) is 0. The maximum Gasteiger partial charge on any atom is 0.416 e. The highest BCUT2D eigenvalue weighted by Gasteiger charge is 2.31. The number of thiazole rings is 1. The van der Waals surface area contributed by atoms with Crippen molar-refractivity contribution in [1.82, 2.24) is 9.38 Å². The minimum Gasteiger partial charge on any atom is -0.456 e. The fourth-order valence-electron chi connectivity index (χ4n) is 3.26. The third-order valence-corrected chi connectivity index (χ3v) is 5.73. The third kappa shape index (κ3) is 3.54. The van der Waals surface area contributed by atoms with E-state index in [0.29, 0.717) is 4.96 Å². The van der Waals surface area contributed by atoms with Crippen molar-refractivity contribution in [2.75, 3.05) is 0 Å². The number of fused-ring (bicyclic) bond motifs is 3. The van der Waals surface area contributed by atoms with E-state index < -0.39 is 17.7 Å². The van der Waals surface area contributed by atoms with E-state index in [9.17, 15) is 22.8 Å². The molecule has 0 fully saturated rings. The number of halogens is 3. The van der Waals surface area contributed by atoms with Crippen molar-refractivity contribution in [2.24, 2.45) is 0 Å². The molecule has 9 heteroatoms. The summed E-state index contributed by atoms with van der Waals surface area (Å²) in [5, 5.41) is 0. The molecule has 4 rings (SSSR count). The Morgan fingerprint density at radius 1 is 1.21 bits per heavy atom. The second-order valence-corrected chi connectivity index (χ2v) is 7.60. The first-order valence-electron chi connectivity index (χ1n) is 8.70. The number of aryl methyl sites for hydroxylation is 2. The molecular weight excluding hydrogens is 393 g/mol. The summed E-state index contributed by atoms with van der Waals surface area (Å²) >= 11 is 1.45. The molecule has 0 spiro atoms. The lowest BCUT2D eigenvalue weighted by Crippen LogP contribution is -2.18. The van der Waals surface area contributed by atoms with Crippen molar-refractivity contribution in [3.05, 3.63) is 68.1 Å². The van der Waals surface area contributed by atoms with Gasteiger partial charge in [-0.3, -0.25) is 9.20 Å². The Hall–Kier alpha value is -2.68. The van der Waals surface area contributed by atoms with Crippen molar-refractivity contribution in [3.63, 3.8) is 0 Å². The van der Waals surface area contributed by atoms with Gasteiger partial charge in [0.05, 0.1) is 16.8 Å². The van der Waals surface area contributed by atoms with Crippen LogP contribution in [0.1, 0.15) is 45.0 Å². The van der Waals surface area contributed by atoms with Crippen LogP contribution >= 0.6 is 11.3 Å². The topological polar surface area (TPSA) is 60.7 Å². The zero-order chi connectivity index (χ0) is 19.9. The largest absolute Gasteiger partial charge is 0.456 e. The Balaban J connectivity index is 1.54. The Labute approximate surface area is 161 Å². The Bertz CT molecular complexity index is 1120. The monoisotopic (exact) mass is 408 g/mol. The lowest BCUT2D eigenvalue weighted by molar-refractivity contribution is -0.137. The first-order valence-corrected chi connectivity index (χ1v) is 9.52. The zero-order valence-corrected chi connectivity index (χ0v) is 15.4. The van der Waals surface area contributed by atoms with Crippen molar-refractivity contribution < 1.29 is 22.7 Å². The van der Waals surface area contributed by atoms with Crippen molar-refractivity contribution in [3.8, 4) is 0 Å². The number of hydrogen-bond donors (Lipinski definition) is 0. The molecule has 0 atom stereocenters. The van der Waals surface area contributed by atoms with E-state index in [-0.39, 0.29) is 23.4 Å². The van der Waals surface area contributed by atoms with Crippen molar-refractivity contribution in [2.45, 2.75) is 38.5 Å². The van der Waals surface area contributed by atoms with Crippen molar-refractivity contribution in [1.29, 1.82) is 0 Å². The second-order valence-electron chi connectivity index (χ2n) is 6.54. The van der Waals surface area contributed by atoms with Crippen LogP contribution in [0.4, 0.5) is 13.2 Å². The molecule has 146 valence electrons. The molecule has 2 heterocycles. The molecule has 3 aromatic rings. The number of nitrogens with zero attached hydrogens (tertiary/aromatic N) is 2. The van der Waals surface area contributed by atoms with Gasteiger partial charge in [-0.15, -0.1) is 11.3 Å². The van der Waals surface area contributed by atoms with E-state index in [0.717, 1.165) is 54.5 Å². The number of rotatable bonds is 3. The van der Waals surface area contributed by atoms with Crippen LogP contribution in [0.15, 0.2) is 35.1 Å². The predicted octanol–water partition coefficient (Wildman–Crippen LogP) is 4.01. The van der Waals surface area contributed by atoms with E-state index in [1.54, 1.807) is 4.40 Å². The molecule has 0 N–H and O–H groups in total. The normalized spacial score (nSPS) is 14.1. The molecule has 0 bridgehead atoms. The highest BCUT2D eigenvalue weighted by Crippen LogP contribution is 2.30. The number of carbonyl (C=O) groups is 1. The van der Waals surface area contributed by atoms with E-state index in [1.807, 2.05) is 0 Å². The van der Waals surface area contributed by atoms with Gasteiger partial charge in [0.1, 0.15) is 6.61 Å². The van der Waals surface area contributed by atoms with Gasteiger partial charge in [0.25, 0.3) is 5.56 Å². The van der Waals surface area contributed by atoms with Crippen molar-refractivity contribution >= 4 is 22.3 Å². The van der Waals surface area contributed by atoms with Gasteiger partial charge in [-0.1, -0.05) is 6.07 Å². The molecule has 0 saturated carbocycles. The summed E-state index contributed by atoms with van der Waals surface area (Å²) in [4.78, 5) is 30.7. The molecule has 2 aromatic heterocycles. The standard InChI is InChI=1S/C19H15F3N2O3S/c20-19(21,22)12-5-3-4-11(8-12)17(26)27-10-13-9-16(25)24-14-6-1-2-7-15(14)28-18(24)23-13/h3-5,8-9H,1-2,6-7,10H2. The average molecular weight is 408 g/mol. The first kappa shape index (κ1) is 18.7. The zero-order valence-electron chi connectivity index (χ0n) is 14.6. The van der Waals surface area contributed by atoms with Crippen LogP contribution < -0.4 is 5.56 Å². The Morgan fingerprint density at radius 3 is 2.79 bits per heavy atom. The summed E-state index contributed by atoms with van der Waals surface area (Å²) < 4.78 is 45.0. The number of alkyl halides is 3. The maximum atomic E-state index is 12.8. The molecule has 5 nitrogen and oxygen atoms in total. The molecule has 0 radical (unpaired) electrons. The van der Waals surface area contributed by atoms with Crippen LogP contribution in [0.2, 0.25) is 0 Å². The fourth-order valence-corrected chi connectivity index (χ4v) is 4.49. The second kappa shape index (κ2) is 7.05. The number of benzene rings is 1. The van der Waals surface area contributed by atoms with E-state index in [1.165, 1.54) is 23.5 Å². The average Bonchev–Trinajstić information content (AvgIpc) is 3.04. The van der Waals surface area contributed by atoms with Gasteiger partial charge in [-0.05, 0) is 43.9 Å². The van der Waals surface area contributed by atoms with E-state index >= 15 is 0 Å². The number of ether oxygens (including phenoxy) is 1. The van der Waals surface area contributed by atoms with Gasteiger partial charge in [0, 0.05) is 16.6 Å². The SMILES string of the molecule is O=C(OCc1cc(=O)n2c3c(sc2n1)CCCC3)c1cccc(C(F)(F)F)c1. The van der Waals surface area contributed by atoms with Crippen LogP contribution in [-0.2, 0) is 30.4 Å². The predicted molar refractivity (Wildman–Crippen MR) is 96.5 cm³/mol. The maximum absolute atomic E-state index is 12.8. The summed E-state index contributed by atoms with van der Waals surface area (Å²) in [5.41, 5.74) is -0.113. The quantitative estimate of drug-likeness (QED) is 0.615. The Kier molecular flexibility index (Phi) is 4.70. The highest BCUT2D eigenvalue weighted by molar-refractivity contribution is 7.17. The minimum atomic E-state index is -4.55. The smallest absolute Gasteiger partial charge is 0.416 e. The highest BCUT2D eigenvalue weighted by atomic mass is 32.1. The van der Waals surface area contributed by atoms with Crippen LogP contribution in [-0.4, -0.2) is 15.4 Å². The van der Waals surface area contributed by atoms with Gasteiger partial charge >= 0.3 is 12.1 Å². The number of esters is 1. The lowest BCUT2D eigenvalue weighted by atomic mass is 10.0. The van der Waals surface area contributed by atoms with Gasteiger partial charge in [0.15, 0.2) is 4.96 Å². The number of hydrogen-bond acceptors (Lipinski definition) is 5. The van der Waals surface area contributed by atoms with Gasteiger partial charge in [-0.2, -0.15) is 13.2 Å². The van der Waals surface area contributed by atoms with Crippen LogP contribution in [0.25, 0.3) is 4.96 Å². The molecule has 0 unspecified atom stereocenters. The molecule has 0 saturated heterocycles. The van der Waals surface area contributed by atoms with E-state index in [4.69, 9.17) is 4.74 Å². The van der Waals surface area contributed by atoms with E-state index in [2.05, 4.69) is 4.98 Å². The summed E-state index contributed by atoms with van der Waals surface area (Å²) in [6.07, 6.45) is -0.684. The number of aromatic nitrogens is 2. The van der Waals surface area contributed by atoms with Crippen LogP contribution in [0.3, 0.4) is 0 Å². The molecule has 1 aliphatic rings. The molecule has 28 heavy (non-hydrogen) atoms. The van der Waals surface area contributed by atoms with Gasteiger partial charge in [0.2, 0.25) is 0 Å². The minimum absolute atomic E-state index is 0.209. The summed E-state index contributed by atoms with van der Waals surface area (Å²) in [5.74, 6) is -0.904. The molecule has 1 aromatic carbocycles.